The predicted octanol–water partition coefficient (Wildman–Crippen LogP) is 3.84. The van der Waals surface area contributed by atoms with Crippen molar-refractivity contribution < 1.29 is 0 Å². The normalized spacial score (nSPS) is 16.9. The molecular formula is C19H23N5S. The van der Waals surface area contributed by atoms with Gasteiger partial charge in [-0.2, -0.15) is 0 Å². The topological polar surface area (TPSA) is 57.7 Å². The van der Waals surface area contributed by atoms with Crippen molar-refractivity contribution in [2.24, 2.45) is 0 Å². The zero-order valence-corrected chi connectivity index (χ0v) is 15.5. The monoisotopic (exact) mass is 353 g/mol. The van der Waals surface area contributed by atoms with Gasteiger partial charge in [-0.3, -0.25) is 4.90 Å². The number of H-pyrrole nitrogens is 1. The molecule has 0 aliphatic carbocycles. The molecular weight excluding hydrogens is 330 g/mol. The SMILES string of the molecule is CC[C@@H](C)Sc1ncc(CN2CC(c3nc4ccccc4[nH]3)C2)cn1. The Bertz CT molecular complexity index is 805. The van der Waals surface area contributed by atoms with Gasteiger partial charge < -0.3 is 4.98 Å². The zero-order valence-electron chi connectivity index (χ0n) is 14.6. The van der Waals surface area contributed by atoms with Crippen LogP contribution in [0.4, 0.5) is 0 Å². The maximum atomic E-state index is 4.71. The van der Waals surface area contributed by atoms with Crippen molar-refractivity contribution in [2.45, 2.75) is 43.1 Å². The van der Waals surface area contributed by atoms with Gasteiger partial charge in [-0.25, -0.2) is 15.0 Å². The van der Waals surface area contributed by atoms with Gasteiger partial charge in [0.15, 0.2) is 5.16 Å². The minimum Gasteiger partial charge on any atom is -0.342 e. The Morgan fingerprint density at radius 1 is 1.24 bits per heavy atom. The molecule has 25 heavy (non-hydrogen) atoms. The van der Waals surface area contributed by atoms with Crippen LogP contribution in [-0.4, -0.2) is 43.2 Å². The van der Waals surface area contributed by atoms with Gasteiger partial charge >= 0.3 is 0 Å². The summed E-state index contributed by atoms with van der Waals surface area (Å²) in [6.07, 6.45) is 5.06. The molecule has 5 nitrogen and oxygen atoms in total. The first-order chi connectivity index (χ1) is 12.2. The number of rotatable bonds is 6. The minimum atomic E-state index is 0.494. The number of nitrogens with one attached hydrogen (secondary N) is 1. The molecule has 3 aromatic rings. The molecule has 1 aliphatic heterocycles. The van der Waals surface area contributed by atoms with Gasteiger partial charge in [0.05, 0.1) is 11.0 Å². The summed E-state index contributed by atoms with van der Waals surface area (Å²) in [5.74, 6) is 1.60. The molecule has 0 radical (unpaired) electrons. The first kappa shape index (κ1) is 16.5. The van der Waals surface area contributed by atoms with Crippen molar-refractivity contribution in [3.63, 3.8) is 0 Å². The number of imidazole rings is 1. The van der Waals surface area contributed by atoms with Crippen LogP contribution in [0.2, 0.25) is 0 Å². The molecule has 1 saturated heterocycles. The van der Waals surface area contributed by atoms with E-state index in [4.69, 9.17) is 4.98 Å². The molecule has 4 rings (SSSR count). The molecule has 6 heteroatoms. The molecule has 0 unspecified atom stereocenters. The van der Waals surface area contributed by atoms with E-state index in [1.807, 2.05) is 24.5 Å². The maximum Gasteiger partial charge on any atom is 0.187 e. The Balaban J connectivity index is 1.32. The Kier molecular flexibility index (Phi) is 4.72. The van der Waals surface area contributed by atoms with E-state index in [0.29, 0.717) is 11.2 Å². The average molecular weight is 353 g/mol. The molecule has 1 aliphatic rings. The fraction of sp³-hybridized carbons (Fsp3) is 0.421. The van der Waals surface area contributed by atoms with Crippen LogP contribution in [0.3, 0.4) is 0 Å². The first-order valence-electron chi connectivity index (χ1n) is 8.86. The molecule has 1 aromatic carbocycles. The van der Waals surface area contributed by atoms with Crippen molar-refractivity contribution >= 4 is 22.8 Å². The number of thioether (sulfide) groups is 1. The smallest absolute Gasteiger partial charge is 0.187 e. The number of nitrogens with zero attached hydrogens (tertiary/aromatic N) is 4. The highest BCUT2D eigenvalue weighted by atomic mass is 32.2. The van der Waals surface area contributed by atoms with Crippen LogP contribution in [0.15, 0.2) is 41.8 Å². The van der Waals surface area contributed by atoms with Crippen LogP contribution in [-0.2, 0) is 6.54 Å². The Hall–Kier alpha value is -1.92. The lowest BCUT2D eigenvalue weighted by Crippen LogP contribution is -2.44. The number of likely N-dealkylation sites (tertiary alicyclic amines) is 1. The lowest BCUT2D eigenvalue weighted by molar-refractivity contribution is 0.135. The van der Waals surface area contributed by atoms with Crippen molar-refractivity contribution in [3.05, 3.63) is 48.0 Å². The van der Waals surface area contributed by atoms with Crippen molar-refractivity contribution in [2.75, 3.05) is 13.1 Å². The third-order valence-corrected chi connectivity index (χ3v) is 5.88. The van der Waals surface area contributed by atoms with Gasteiger partial charge in [0.25, 0.3) is 0 Å². The fourth-order valence-electron chi connectivity index (χ4n) is 3.04. The second-order valence-electron chi connectivity index (χ2n) is 6.74. The van der Waals surface area contributed by atoms with E-state index >= 15 is 0 Å². The first-order valence-corrected chi connectivity index (χ1v) is 9.74. The molecule has 0 spiro atoms. The number of para-hydroxylation sites is 2. The quantitative estimate of drug-likeness (QED) is 0.539. The Morgan fingerprint density at radius 2 is 2.00 bits per heavy atom. The van der Waals surface area contributed by atoms with Gasteiger partial charge in [-0.05, 0) is 18.6 Å². The van der Waals surface area contributed by atoms with Crippen molar-refractivity contribution in [1.82, 2.24) is 24.8 Å². The van der Waals surface area contributed by atoms with Gasteiger partial charge in [0, 0.05) is 48.8 Å². The van der Waals surface area contributed by atoms with Crippen LogP contribution in [0.1, 0.15) is 37.6 Å². The van der Waals surface area contributed by atoms with Crippen LogP contribution >= 0.6 is 11.8 Å². The van der Waals surface area contributed by atoms with Gasteiger partial charge in [-0.15, -0.1) is 0 Å². The van der Waals surface area contributed by atoms with E-state index in [2.05, 4.69) is 45.8 Å². The minimum absolute atomic E-state index is 0.494. The molecule has 1 fully saturated rings. The molecule has 0 amide bonds. The lowest BCUT2D eigenvalue weighted by Gasteiger charge is -2.38. The summed E-state index contributed by atoms with van der Waals surface area (Å²) in [5, 5.41) is 1.44. The molecule has 1 N–H and O–H groups in total. The summed E-state index contributed by atoms with van der Waals surface area (Å²) < 4.78 is 0. The van der Waals surface area contributed by atoms with Crippen LogP contribution in [0, 0.1) is 0 Å². The standard InChI is InChI=1S/C19H23N5S/c1-3-13(2)25-19-20-8-14(9-21-19)10-24-11-15(12-24)18-22-16-6-4-5-7-17(16)23-18/h4-9,13,15H,3,10-12H2,1-2H3,(H,22,23)/t13-/m1/s1. The third-order valence-electron chi connectivity index (χ3n) is 4.72. The van der Waals surface area contributed by atoms with Crippen molar-refractivity contribution in [1.29, 1.82) is 0 Å². The van der Waals surface area contributed by atoms with Crippen molar-refractivity contribution in [3.8, 4) is 0 Å². The summed E-state index contributed by atoms with van der Waals surface area (Å²) in [6, 6.07) is 8.21. The number of aromatic nitrogens is 4. The third kappa shape index (κ3) is 3.70. The van der Waals surface area contributed by atoms with Gasteiger partial charge in [0.2, 0.25) is 0 Å². The van der Waals surface area contributed by atoms with E-state index in [9.17, 15) is 0 Å². The summed E-state index contributed by atoms with van der Waals surface area (Å²) in [6.45, 7) is 7.37. The highest BCUT2D eigenvalue weighted by Gasteiger charge is 2.30. The fourth-order valence-corrected chi connectivity index (χ4v) is 3.80. The van der Waals surface area contributed by atoms with E-state index < -0.39 is 0 Å². The highest BCUT2D eigenvalue weighted by Crippen LogP contribution is 2.28. The Morgan fingerprint density at radius 3 is 2.72 bits per heavy atom. The van der Waals surface area contributed by atoms with Gasteiger partial charge in [-0.1, -0.05) is 37.7 Å². The molecule has 3 heterocycles. The second-order valence-corrected chi connectivity index (χ2v) is 8.15. The van der Waals surface area contributed by atoms with Crippen LogP contribution in [0.25, 0.3) is 11.0 Å². The van der Waals surface area contributed by atoms with E-state index in [0.717, 1.165) is 48.1 Å². The molecule has 2 aromatic heterocycles. The number of hydrogen-bond acceptors (Lipinski definition) is 5. The summed E-state index contributed by atoms with van der Waals surface area (Å²) in [5.41, 5.74) is 3.36. The lowest BCUT2D eigenvalue weighted by atomic mass is 9.99. The maximum absolute atomic E-state index is 4.71. The van der Waals surface area contributed by atoms with Gasteiger partial charge in [0.1, 0.15) is 5.82 Å². The molecule has 0 bridgehead atoms. The number of benzene rings is 1. The zero-order chi connectivity index (χ0) is 17.2. The van der Waals surface area contributed by atoms with E-state index in [1.54, 1.807) is 11.8 Å². The summed E-state index contributed by atoms with van der Waals surface area (Å²) in [4.78, 5) is 19.6. The number of aromatic amines is 1. The molecule has 1 atom stereocenters. The molecule has 130 valence electrons. The highest BCUT2D eigenvalue weighted by molar-refractivity contribution is 7.99. The Labute approximate surface area is 152 Å². The second kappa shape index (κ2) is 7.14. The molecule has 0 saturated carbocycles. The van der Waals surface area contributed by atoms with Crippen LogP contribution in [0.5, 0.6) is 0 Å². The van der Waals surface area contributed by atoms with Crippen LogP contribution < -0.4 is 0 Å². The average Bonchev–Trinajstić information content (AvgIpc) is 3.02. The summed E-state index contributed by atoms with van der Waals surface area (Å²) >= 11 is 1.74. The largest absolute Gasteiger partial charge is 0.342 e. The number of hydrogen-bond donors (Lipinski definition) is 1. The number of fused-ring (bicyclic) bond motifs is 1. The van der Waals surface area contributed by atoms with E-state index in [-0.39, 0.29) is 0 Å². The predicted molar refractivity (Wildman–Crippen MR) is 102 cm³/mol. The van der Waals surface area contributed by atoms with E-state index in [1.165, 1.54) is 5.56 Å². The summed E-state index contributed by atoms with van der Waals surface area (Å²) in [7, 11) is 0.